The summed E-state index contributed by atoms with van der Waals surface area (Å²) in [5.41, 5.74) is 1.32. The van der Waals surface area contributed by atoms with Crippen LogP contribution < -0.4 is 5.32 Å². The minimum absolute atomic E-state index is 0.139. The van der Waals surface area contributed by atoms with Crippen LogP contribution in [0.25, 0.3) is 0 Å². The van der Waals surface area contributed by atoms with Gasteiger partial charge in [-0.2, -0.15) is 26.3 Å². The zero-order valence-corrected chi connectivity index (χ0v) is 11.8. The number of carbonyl (C=O) groups is 1. The summed E-state index contributed by atoms with van der Waals surface area (Å²) in [6.45, 7) is 4.65. The van der Waals surface area contributed by atoms with Gasteiger partial charge in [-0.25, -0.2) is 4.99 Å². The number of rotatable bonds is 1. The number of aryl methyl sites for hydroxylation is 3. The number of carbonyl (C=O) groups excluding carboxylic acids is 1. The summed E-state index contributed by atoms with van der Waals surface area (Å²) in [5.74, 6) is -4.74. The van der Waals surface area contributed by atoms with E-state index >= 15 is 0 Å². The van der Waals surface area contributed by atoms with Gasteiger partial charge < -0.3 is 0 Å². The van der Waals surface area contributed by atoms with Crippen molar-refractivity contribution in [1.29, 1.82) is 0 Å². The molecule has 0 aliphatic rings. The third-order valence-electron chi connectivity index (χ3n) is 2.62. The topological polar surface area (TPSA) is 41.5 Å². The van der Waals surface area contributed by atoms with Gasteiger partial charge in [0, 0.05) is 0 Å². The molecule has 0 heterocycles. The van der Waals surface area contributed by atoms with E-state index in [0.29, 0.717) is 11.1 Å². The third-order valence-corrected chi connectivity index (χ3v) is 2.62. The fraction of sp³-hybridized carbons (Fsp3) is 0.385. The maximum absolute atomic E-state index is 12.8. The van der Waals surface area contributed by atoms with Gasteiger partial charge in [-0.3, -0.25) is 10.1 Å². The van der Waals surface area contributed by atoms with Crippen molar-refractivity contribution in [1.82, 2.24) is 5.32 Å². The lowest BCUT2D eigenvalue weighted by atomic mass is 10.1. The number of amidine groups is 1. The number of nitrogens with one attached hydrogen (secondary N) is 1. The first-order valence-corrected chi connectivity index (χ1v) is 5.94. The first kappa shape index (κ1) is 18.0. The summed E-state index contributed by atoms with van der Waals surface area (Å²) < 4.78 is 74.7. The van der Waals surface area contributed by atoms with Gasteiger partial charge in [-0.05, 0) is 31.9 Å². The Morgan fingerprint density at radius 3 is 1.77 bits per heavy atom. The predicted molar refractivity (Wildman–Crippen MR) is 68.0 cm³/mol. The predicted octanol–water partition coefficient (Wildman–Crippen LogP) is 3.88. The number of benzene rings is 1. The fourth-order valence-corrected chi connectivity index (χ4v) is 1.80. The molecule has 0 fully saturated rings. The minimum atomic E-state index is -5.44. The average molecular weight is 326 g/mol. The summed E-state index contributed by atoms with van der Waals surface area (Å²) in [5, 5.41) is 0.776. The molecule has 122 valence electrons. The van der Waals surface area contributed by atoms with Crippen molar-refractivity contribution in [2.45, 2.75) is 33.1 Å². The second-order valence-electron chi connectivity index (χ2n) is 4.66. The van der Waals surface area contributed by atoms with Gasteiger partial charge in [0.1, 0.15) is 0 Å². The second kappa shape index (κ2) is 5.98. The summed E-state index contributed by atoms with van der Waals surface area (Å²) in [6, 6.07) is 3.07. The van der Waals surface area contributed by atoms with Crippen LogP contribution in [0.1, 0.15) is 16.7 Å². The molecule has 1 rings (SSSR count). The van der Waals surface area contributed by atoms with E-state index in [0.717, 1.165) is 10.9 Å². The van der Waals surface area contributed by atoms with Gasteiger partial charge in [-0.1, -0.05) is 17.7 Å². The molecule has 1 N–H and O–H groups in total. The molecular weight excluding hydrogens is 314 g/mol. The molecule has 3 nitrogen and oxygen atoms in total. The van der Waals surface area contributed by atoms with E-state index in [2.05, 4.69) is 4.99 Å². The van der Waals surface area contributed by atoms with Crippen molar-refractivity contribution in [2.75, 3.05) is 0 Å². The van der Waals surface area contributed by atoms with Crippen molar-refractivity contribution >= 4 is 17.4 Å². The average Bonchev–Trinajstić information content (AvgIpc) is 2.28. The Morgan fingerprint density at radius 2 is 1.41 bits per heavy atom. The van der Waals surface area contributed by atoms with E-state index in [9.17, 15) is 31.1 Å². The van der Waals surface area contributed by atoms with Crippen LogP contribution in [-0.2, 0) is 4.79 Å². The van der Waals surface area contributed by atoms with E-state index in [4.69, 9.17) is 0 Å². The lowest BCUT2D eigenvalue weighted by molar-refractivity contribution is -0.172. The molecule has 0 radical (unpaired) electrons. The molecule has 9 heteroatoms. The molecule has 1 aromatic rings. The second-order valence-corrected chi connectivity index (χ2v) is 4.66. The number of halogens is 6. The molecule has 0 aromatic heterocycles. The Kier molecular flexibility index (Phi) is 4.89. The monoisotopic (exact) mass is 326 g/mol. The van der Waals surface area contributed by atoms with E-state index in [-0.39, 0.29) is 5.69 Å². The molecule has 22 heavy (non-hydrogen) atoms. The Bertz CT molecular complexity index is 593. The summed E-state index contributed by atoms with van der Waals surface area (Å²) in [4.78, 5) is 13.9. The summed E-state index contributed by atoms with van der Waals surface area (Å²) in [6.07, 6.45) is -10.7. The lowest BCUT2D eigenvalue weighted by Gasteiger charge is -2.15. The third kappa shape index (κ3) is 4.47. The maximum Gasteiger partial charge on any atom is 0.471 e. The van der Waals surface area contributed by atoms with Gasteiger partial charge >= 0.3 is 18.3 Å². The van der Waals surface area contributed by atoms with Crippen LogP contribution in [0.3, 0.4) is 0 Å². The van der Waals surface area contributed by atoms with Crippen molar-refractivity contribution in [3.63, 3.8) is 0 Å². The van der Waals surface area contributed by atoms with Crippen LogP contribution in [-0.4, -0.2) is 24.1 Å². The summed E-state index contributed by atoms with van der Waals surface area (Å²) in [7, 11) is 0. The van der Waals surface area contributed by atoms with E-state index in [1.165, 1.54) is 26.0 Å². The summed E-state index contributed by atoms with van der Waals surface area (Å²) >= 11 is 0. The number of alkyl halides is 6. The molecule has 0 atom stereocenters. The van der Waals surface area contributed by atoms with Gasteiger partial charge in [-0.15, -0.1) is 0 Å². The van der Waals surface area contributed by atoms with Crippen molar-refractivity contribution in [2.24, 2.45) is 4.99 Å². The van der Waals surface area contributed by atoms with Crippen LogP contribution in [0.5, 0.6) is 0 Å². The van der Waals surface area contributed by atoms with Gasteiger partial charge in [0.05, 0.1) is 5.69 Å². The number of amides is 1. The van der Waals surface area contributed by atoms with E-state index in [1.54, 1.807) is 6.92 Å². The zero-order chi connectivity index (χ0) is 17.3. The molecule has 1 aromatic carbocycles. The smallest absolute Gasteiger partial charge is 0.299 e. The van der Waals surface area contributed by atoms with Gasteiger partial charge in [0.15, 0.2) is 0 Å². The van der Waals surface area contributed by atoms with Crippen LogP contribution in [0.4, 0.5) is 32.0 Å². The highest BCUT2D eigenvalue weighted by molar-refractivity contribution is 6.04. The normalized spacial score (nSPS) is 13.2. The molecule has 0 aliphatic carbocycles. The Morgan fingerprint density at radius 1 is 0.955 bits per heavy atom. The van der Waals surface area contributed by atoms with Crippen LogP contribution in [0, 0.1) is 20.8 Å². The highest BCUT2D eigenvalue weighted by Crippen LogP contribution is 2.28. The van der Waals surface area contributed by atoms with E-state index in [1.807, 2.05) is 0 Å². The Hall–Kier alpha value is -2.06. The molecule has 0 saturated heterocycles. The molecule has 0 bridgehead atoms. The first-order valence-electron chi connectivity index (χ1n) is 5.94. The maximum atomic E-state index is 12.8. The van der Waals surface area contributed by atoms with E-state index < -0.39 is 24.1 Å². The first-order chi connectivity index (χ1) is 9.82. The van der Waals surface area contributed by atoms with Crippen molar-refractivity contribution in [3.8, 4) is 0 Å². The standard InChI is InChI=1S/C13H12F6N2O/c1-6-4-7(2)9(8(3)5-6)20-10(12(14,15)16)21-11(22)13(17,18)19/h4-5H,1-3H3,(H,20,21,22). The lowest BCUT2D eigenvalue weighted by Crippen LogP contribution is -2.46. The molecule has 1 amide bonds. The van der Waals surface area contributed by atoms with Crippen LogP contribution in [0.15, 0.2) is 17.1 Å². The van der Waals surface area contributed by atoms with Crippen LogP contribution in [0.2, 0.25) is 0 Å². The minimum Gasteiger partial charge on any atom is -0.299 e. The van der Waals surface area contributed by atoms with Gasteiger partial charge in [0.25, 0.3) is 0 Å². The SMILES string of the molecule is Cc1cc(C)c(N=C(NC(=O)C(F)(F)F)C(F)(F)F)c(C)c1. The fourth-order valence-electron chi connectivity index (χ4n) is 1.80. The Balaban J connectivity index is 3.33. The quantitative estimate of drug-likeness (QED) is 0.475. The largest absolute Gasteiger partial charge is 0.471 e. The number of hydrogen-bond donors (Lipinski definition) is 1. The van der Waals surface area contributed by atoms with Gasteiger partial charge in [0.2, 0.25) is 5.84 Å². The van der Waals surface area contributed by atoms with Crippen molar-refractivity contribution < 1.29 is 31.1 Å². The zero-order valence-electron chi connectivity index (χ0n) is 11.8. The molecule has 0 saturated carbocycles. The number of aliphatic imine (C=N–C) groups is 1. The molecule has 0 unspecified atom stereocenters. The van der Waals surface area contributed by atoms with Crippen molar-refractivity contribution in [3.05, 3.63) is 28.8 Å². The molecular formula is C13H12F6N2O. The molecule has 0 aliphatic heterocycles. The highest BCUT2D eigenvalue weighted by atomic mass is 19.4. The number of nitrogens with zero attached hydrogens (tertiary/aromatic N) is 1. The molecule has 0 spiro atoms. The van der Waals surface area contributed by atoms with Crippen LogP contribution >= 0.6 is 0 Å². The number of hydrogen-bond acceptors (Lipinski definition) is 2. The Labute approximate surface area is 122 Å². The highest BCUT2D eigenvalue weighted by Gasteiger charge is 2.45.